The minimum absolute atomic E-state index is 0.00689. The largest absolute Gasteiger partial charge is 0.488 e. The zero-order valence-corrected chi connectivity index (χ0v) is 15.8. The van der Waals surface area contributed by atoms with Gasteiger partial charge in [0.25, 0.3) is 0 Å². The van der Waals surface area contributed by atoms with E-state index in [1.54, 1.807) is 18.3 Å². The van der Waals surface area contributed by atoms with E-state index in [4.69, 9.17) is 16.3 Å². The molecule has 0 amide bonds. The maximum absolute atomic E-state index is 13.9. The highest BCUT2D eigenvalue weighted by atomic mass is 35.5. The van der Waals surface area contributed by atoms with Crippen LogP contribution < -0.4 is 4.74 Å². The molecular formula is C23H18ClF2NO. The number of rotatable bonds is 5. The normalized spacial score (nSPS) is 13.8. The third-order valence-corrected chi connectivity index (χ3v) is 5.09. The lowest BCUT2D eigenvalue weighted by molar-refractivity contribution is 0.298. The van der Waals surface area contributed by atoms with Crippen molar-refractivity contribution in [1.82, 2.24) is 4.98 Å². The second kappa shape index (κ2) is 8.11. The molecule has 3 aromatic rings. The van der Waals surface area contributed by atoms with Gasteiger partial charge >= 0.3 is 0 Å². The molecule has 0 radical (unpaired) electrons. The van der Waals surface area contributed by atoms with Crippen molar-refractivity contribution in [3.63, 3.8) is 0 Å². The van der Waals surface area contributed by atoms with Crippen molar-refractivity contribution < 1.29 is 13.5 Å². The molecule has 5 heteroatoms. The number of aromatic nitrogens is 1. The first kappa shape index (κ1) is 18.6. The predicted octanol–water partition coefficient (Wildman–Crippen LogP) is 6.69. The van der Waals surface area contributed by atoms with Gasteiger partial charge in [-0.25, -0.2) is 8.78 Å². The quantitative estimate of drug-likeness (QED) is 0.478. The number of hydrogen-bond acceptors (Lipinski definition) is 2. The van der Waals surface area contributed by atoms with Gasteiger partial charge in [0.2, 0.25) is 0 Å². The summed E-state index contributed by atoms with van der Waals surface area (Å²) in [5.41, 5.74) is 4.47. The SMILES string of the molecule is Fc1ccc(COc2ccc(Cl)cc2C2=C(c3ccccn3)CCC2)c(F)c1. The van der Waals surface area contributed by atoms with Crippen LogP contribution >= 0.6 is 11.6 Å². The number of nitrogens with zero attached hydrogens (tertiary/aromatic N) is 1. The Morgan fingerprint density at radius 1 is 0.964 bits per heavy atom. The van der Waals surface area contributed by atoms with E-state index in [-0.39, 0.29) is 6.61 Å². The Kier molecular flexibility index (Phi) is 5.40. The third kappa shape index (κ3) is 3.92. The first-order valence-corrected chi connectivity index (χ1v) is 9.49. The summed E-state index contributed by atoms with van der Waals surface area (Å²) in [4.78, 5) is 4.49. The molecule has 0 N–H and O–H groups in total. The van der Waals surface area contributed by atoms with Gasteiger partial charge in [0.15, 0.2) is 0 Å². The molecule has 142 valence electrons. The molecule has 0 fully saturated rings. The van der Waals surface area contributed by atoms with Crippen molar-refractivity contribution in [2.75, 3.05) is 0 Å². The van der Waals surface area contributed by atoms with Crippen LogP contribution in [-0.2, 0) is 6.61 Å². The smallest absolute Gasteiger partial charge is 0.132 e. The summed E-state index contributed by atoms with van der Waals surface area (Å²) in [6, 6.07) is 14.8. The van der Waals surface area contributed by atoms with E-state index >= 15 is 0 Å². The number of allylic oxidation sites excluding steroid dienone is 2. The molecule has 0 saturated carbocycles. The van der Waals surface area contributed by atoms with Crippen molar-refractivity contribution in [1.29, 1.82) is 0 Å². The average molecular weight is 398 g/mol. The monoisotopic (exact) mass is 397 g/mol. The van der Waals surface area contributed by atoms with Gasteiger partial charge in [-0.15, -0.1) is 0 Å². The van der Waals surface area contributed by atoms with E-state index in [9.17, 15) is 8.78 Å². The molecule has 0 aliphatic heterocycles. The minimum Gasteiger partial charge on any atom is -0.488 e. The fraction of sp³-hybridized carbons (Fsp3) is 0.174. The first-order chi connectivity index (χ1) is 13.6. The van der Waals surface area contributed by atoms with Gasteiger partial charge in [0.05, 0.1) is 5.69 Å². The molecule has 28 heavy (non-hydrogen) atoms. The van der Waals surface area contributed by atoms with Crippen LogP contribution in [0.2, 0.25) is 5.02 Å². The zero-order chi connectivity index (χ0) is 19.5. The number of pyridine rings is 1. The molecule has 1 aromatic heterocycles. The maximum atomic E-state index is 13.9. The summed E-state index contributed by atoms with van der Waals surface area (Å²) in [5.74, 6) is -0.604. The van der Waals surface area contributed by atoms with Gasteiger partial charge < -0.3 is 4.74 Å². The van der Waals surface area contributed by atoms with E-state index < -0.39 is 11.6 Å². The molecule has 2 aromatic carbocycles. The lowest BCUT2D eigenvalue weighted by atomic mass is 9.99. The van der Waals surface area contributed by atoms with Crippen molar-refractivity contribution in [2.24, 2.45) is 0 Å². The first-order valence-electron chi connectivity index (χ1n) is 9.12. The molecule has 0 saturated heterocycles. The molecule has 1 aliphatic rings. The van der Waals surface area contributed by atoms with E-state index in [0.29, 0.717) is 16.3 Å². The number of halogens is 3. The van der Waals surface area contributed by atoms with Crippen LogP contribution in [0.1, 0.15) is 36.1 Å². The Bertz CT molecular complexity index is 1030. The van der Waals surface area contributed by atoms with Crippen LogP contribution in [0.25, 0.3) is 11.1 Å². The van der Waals surface area contributed by atoms with Crippen LogP contribution in [0, 0.1) is 11.6 Å². The van der Waals surface area contributed by atoms with Gasteiger partial charge in [0.1, 0.15) is 24.0 Å². The van der Waals surface area contributed by atoms with E-state index in [2.05, 4.69) is 4.98 Å². The number of ether oxygens (including phenoxy) is 1. The Balaban J connectivity index is 1.69. The van der Waals surface area contributed by atoms with E-state index in [0.717, 1.165) is 42.2 Å². The lowest BCUT2D eigenvalue weighted by Gasteiger charge is -2.15. The van der Waals surface area contributed by atoms with E-state index in [1.165, 1.54) is 17.7 Å². The summed E-state index contributed by atoms with van der Waals surface area (Å²) < 4.78 is 33.0. The Hall–Kier alpha value is -2.72. The Morgan fingerprint density at radius 3 is 2.61 bits per heavy atom. The summed E-state index contributed by atoms with van der Waals surface area (Å²) in [7, 11) is 0. The summed E-state index contributed by atoms with van der Waals surface area (Å²) in [6.07, 6.45) is 4.64. The summed E-state index contributed by atoms with van der Waals surface area (Å²) >= 11 is 6.25. The van der Waals surface area contributed by atoms with Crippen molar-refractivity contribution in [3.8, 4) is 5.75 Å². The standard InChI is InChI=1S/C23H18ClF2NO/c24-16-8-10-23(28-14-15-7-9-17(25)13-21(15)26)20(12-16)18-4-3-5-19(18)22-6-1-2-11-27-22/h1-2,6-13H,3-5,14H2. The Morgan fingerprint density at radius 2 is 1.82 bits per heavy atom. The number of hydrogen-bond donors (Lipinski definition) is 0. The highest BCUT2D eigenvalue weighted by Gasteiger charge is 2.21. The molecule has 1 heterocycles. The second-order valence-electron chi connectivity index (χ2n) is 6.69. The third-order valence-electron chi connectivity index (χ3n) is 4.86. The molecule has 4 rings (SSSR count). The van der Waals surface area contributed by atoms with Crippen molar-refractivity contribution in [2.45, 2.75) is 25.9 Å². The van der Waals surface area contributed by atoms with Gasteiger partial charge in [0, 0.05) is 28.4 Å². The van der Waals surface area contributed by atoms with Gasteiger partial charge in [-0.1, -0.05) is 17.7 Å². The van der Waals surface area contributed by atoms with Crippen LogP contribution in [0.5, 0.6) is 5.75 Å². The summed E-state index contributed by atoms with van der Waals surface area (Å²) in [6.45, 7) is 0.00689. The van der Waals surface area contributed by atoms with Gasteiger partial charge in [-0.2, -0.15) is 0 Å². The highest BCUT2D eigenvalue weighted by Crippen LogP contribution is 2.43. The van der Waals surface area contributed by atoms with Gasteiger partial charge in [-0.3, -0.25) is 4.98 Å². The molecule has 0 atom stereocenters. The molecular weight excluding hydrogens is 380 g/mol. The Labute approximate surface area is 167 Å². The maximum Gasteiger partial charge on any atom is 0.132 e. The van der Waals surface area contributed by atoms with Crippen molar-refractivity contribution in [3.05, 3.63) is 94.3 Å². The average Bonchev–Trinajstić information content (AvgIpc) is 3.18. The van der Waals surface area contributed by atoms with Crippen LogP contribution in [0.3, 0.4) is 0 Å². The lowest BCUT2D eigenvalue weighted by Crippen LogP contribution is -2.01. The fourth-order valence-corrected chi connectivity index (χ4v) is 3.70. The van der Waals surface area contributed by atoms with Gasteiger partial charge in [-0.05, 0) is 72.9 Å². The molecule has 2 nitrogen and oxygen atoms in total. The highest BCUT2D eigenvalue weighted by molar-refractivity contribution is 6.30. The zero-order valence-electron chi connectivity index (χ0n) is 15.1. The molecule has 0 bridgehead atoms. The molecule has 0 unspecified atom stereocenters. The molecule has 0 spiro atoms. The second-order valence-corrected chi connectivity index (χ2v) is 7.13. The van der Waals surface area contributed by atoms with Crippen LogP contribution in [-0.4, -0.2) is 4.98 Å². The fourth-order valence-electron chi connectivity index (χ4n) is 3.52. The van der Waals surface area contributed by atoms with Crippen LogP contribution in [0.4, 0.5) is 8.78 Å². The van der Waals surface area contributed by atoms with Crippen LogP contribution in [0.15, 0.2) is 60.8 Å². The topological polar surface area (TPSA) is 22.1 Å². The van der Waals surface area contributed by atoms with Crippen molar-refractivity contribution >= 4 is 22.7 Å². The predicted molar refractivity (Wildman–Crippen MR) is 107 cm³/mol. The molecule has 1 aliphatic carbocycles. The summed E-state index contributed by atoms with van der Waals surface area (Å²) in [5, 5.41) is 0.607. The van der Waals surface area contributed by atoms with E-state index in [1.807, 2.05) is 24.3 Å². The minimum atomic E-state index is -0.621. The number of benzene rings is 2.